The Balaban J connectivity index is 2.88. The standard InChI is InChI=1S/C8H7NO2S/c1-2-7-4-3-5-8(6-7)9-12(10)11/h1,3-6,9H,(H,10,11)/p-1. The van der Waals surface area contributed by atoms with Crippen molar-refractivity contribution in [3.8, 4) is 12.3 Å². The van der Waals surface area contributed by atoms with Gasteiger partial charge in [0.1, 0.15) is 0 Å². The number of hydrogen-bond acceptors (Lipinski definition) is 2. The highest BCUT2D eigenvalue weighted by Gasteiger charge is 1.91. The van der Waals surface area contributed by atoms with Gasteiger partial charge in [-0.3, -0.25) is 4.21 Å². The van der Waals surface area contributed by atoms with Gasteiger partial charge in [0.15, 0.2) is 0 Å². The van der Waals surface area contributed by atoms with Gasteiger partial charge in [0, 0.05) is 22.5 Å². The molecule has 0 aliphatic heterocycles. The summed E-state index contributed by atoms with van der Waals surface area (Å²) in [6, 6.07) is 6.61. The van der Waals surface area contributed by atoms with E-state index in [-0.39, 0.29) is 0 Å². The molecule has 1 unspecified atom stereocenters. The average Bonchev–Trinajstić information content (AvgIpc) is 2.03. The fourth-order valence-electron chi connectivity index (χ4n) is 0.769. The van der Waals surface area contributed by atoms with E-state index in [0.717, 1.165) is 0 Å². The second-order valence-corrected chi connectivity index (χ2v) is 2.74. The van der Waals surface area contributed by atoms with Gasteiger partial charge in [0.05, 0.1) is 0 Å². The lowest BCUT2D eigenvalue weighted by Gasteiger charge is -2.07. The third-order valence-corrected chi connectivity index (χ3v) is 1.63. The quantitative estimate of drug-likeness (QED) is 0.542. The molecule has 0 saturated carbocycles. The first kappa shape index (κ1) is 8.78. The maximum Gasteiger partial charge on any atom is 0.0464 e. The minimum Gasteiger partial charge on any atom is -0.755 e. The van der Waals surface area contributed by atoms with Crippen LogP contribution in [-0.2, 0) is 11.3 Å². The van der Waals surface area contributed by atoms with Crippen LogP contribution >= 0.6 is 0 Å². The van der Waals surface area contributed by atoms with E-state index < -0.39 is 11.3 Å². The molecule has 0 fully saturated rings. The molecule has 0 aliphatic carbocycles. The molecule has 1 aromatic carbocycles. The van der Waals surface area contributed by atoms with Crippen molar-refractivity contribution in [1.82, 2.24) is 0 Å². The van der Waals surface area contributed by atoms with Crippen LogP contribution in [0.25, 0.3) is 0 Å². The molecule has 0 bridgehead atoms. The molecule has 0 heterocycles. The van der Waals surface area contributed by atoms with E-state index in [9.17, 15) is 8.76 Å². The van der Waals surface area contributed by atoms with E-state index in [1.54, 1.807) is 24.3 Å². The van der Waals surface area contributed by atoms with Crippen molar-refractivity contribution in [2.75, 3.05) is 4.72 Å². The lowest BCUT2D eigenvalue weighted by Crippen LogP contribution is -2.01. The van der Waals surface area contributed by atoms with Crippen molar-refractivity contribution < 1.29 is 8.76 Å². The zero-order chi connectivity index (χ0) is 8.97. The average molecular weight is 180 g/mol. The lowest BCUT2D eigenvalue weighted by atomic mass is 10.2. The first-order chi connectivity index (χ1) is 5.72. The molecular formula is C8H6NO2S-. The predicted octanol–water partition coefficient (Wildman–Crippen LogP) is 0.874. The summed E-state index contributed by atoms with van der Waals surface area (Å²) in [5.41, 5.74) is 1.12. The third kappa shape index (κ3) is 2.38. The second-order valence-electron chi connectivity index (χ2n) is 2.06. The Hall–Kier alpha value is -1.31. The topological polar surface area (TPSA) is 52.2 Å². The van der Waals surface area contributed by atoms with Gasteiger partial charge in [0.2, 0.25) is 0 Å². The van der Waals surface area contributed by atoms with Gasteiger partial charge in [-0.2, -0.15) is 0 Å². The zero-order valence-corrected chi connectivity index (χ0v) is 6.93. The highest BCUT2D eigenvalue weighted by atomic mass is 32.2. The number of terminal acetylenes is 1. The maximum atomic E-state index is 10.2. The summed E-state index contributed by atoms with van der Waals surface area (Å²) >= 11 is -2.30. The van der Waals surface area contributed by atoms with E-state index in [1.165, 1.54) is 0 Å². The number of hydrogen-bond donors (Lipinski definition) is 1. The molecule has 0 spiro atoms. The van der Waals surface area contributed by atoms with E-state index >= 15 is 0 Å². The minimum absolute atomic E-state index is 0.471. The molecule has 0 radical (unpaired) electrons. The highest BCUT2D eigenvalue weighted by molar-refractivity contribution is 7.80. The molecule has 0 aromatic heterocycles. The first-order valence-corrected chi connectivity index (χ1v) is 4.22. The summed E-state index contributed by atoms with van der Waals surface area (Å²) in [5, 5.41) is 0. The van der Waals surface area contributed by atoms with Crippen molar-refractivity contribution in [2.24, 2.45) is 0 Å². The first-order valence-electron chi connectivity index (χ1n) is 3.15. The smallest absolute Gasteiger partial charge is 0.0464 e. The van der Waals surface area contributed by atoms with Crippen LogP contribution in [0.3, 0.4) is 0 Å². The largest absolute Gasteiger partial charge is 0.755 e. The van der Waals surface area contributed by atoms with Gasteiger partial charge in [-0.05, 0) is 18.2 Å². The van der Waals surface area contributed by atoms with E-state index in [4.69, 9.17) is 6.42 Å². The summed E-state index contributed by atoms with van der Waals surface area (Å²) in [5.74, 6) is 2.40. The van der Waals surface area contributed by atoms with Gasteiger partial charge < -0.3 is 9.27 Å². The fourth-order valence-corrected chi connectivity index (χ4v) is 1.09. The Morgan fingerprint density at radius 3 is 2.92 bits per heavy atom. The number of benzene rings is 1. The van der Waals surface area contributed by atoms with Crippen LogP contribution in [0, 0.1) is 12.3 Å². The summed E-state index contributed by atoms with van der Waals surface area (Å²) in [4.78, 5) is 0. The maximum absolute atomic E-state index is 10.2. The summed E-state index contributed by atoms with van der Waals surface area (Å²) < 4.78 is 22.6. The Bertz CT molecular complexity index is 343. The molecule has 1 atom stereocenters. The molecule has 1 N–H and O–H groups in total. The summed E-state index contributed by atoms with van der Waals surface area (Å²) in [6.07, 6.45) is 5.12. The zero-order valence-electron chi connectivity index (χ0n) is 6.11. The van der Waals surface area contributed by atoms with Crippen molar-refractivity contribution in [1.29, 1.82) is 0 Å². The van der Waals surface area contributed by atoms with Crippen molar-refractivity contribution in [2.45, 2.75) is 0 Å². The Kier molecular flexibility index (Phi) is 2.86. The number of nitrogens with one attached hydrogen (secondary N) is 1. The van der Waals surface area contributed by atoms with E-state index in [1.807, 2.05) is 0 Å². The van der Waals surface area contributed by atoms with Gasteiger partial charge >= 0.3 is 0 Å². The molecule has 1 aromatic rings. The van der Waals surface area contributed by atoms with Gasteiger partial charge in [0.25, 0.3) is 0 Å². The van der Waals surface area contributed by atoms with Crippen LogP contribution in [-0.4, -0.2) is 8.76 Å². The van der Waals surface area contributed by atoms with Crippen molar-refractivity contribution >= 4 is 17.0 Å². The van der Waals surface area contributed by atoms with Crippen LogP contribution in [0.4, 0.5) is 5.69 Å². The molecule has 3 nitrogen and oxygen atoms in total. The Labute approximate surface area is 73.2 Å². The fraction of sp³-hybridized carbons (Fsp3) is 0. The summed E-state index contributed by atoms with van der Waals surface area (Å²) in [7, 11) is 0. The predicted molar refractivity (Wildman–Crippen MR) is 46.9 cm³/mol. The molecule has 0 amide bonds. The monoisotopic (exact) mass is 180 g/mol. The Morgan fingerprint density at radius 2 is 2.33 bits per heavy atom. The van der Waals surface area contributed by atoms with Crippen LogP contribution < -0.4 is 4.72 Å². The summed E-state index contributed by atoms with van der Waals surface area (Å²) in [6.45, 7) is 0. The Morgan fingerprint density at radius 1 is 1.58 bits per heavy atom. The molecule has 12 heavy (non-hydrogen) atoms. The molecule has 0 saturated heterocycles. The van der Waals surface area contributed by atoms with E-state index in [0.29, 0.717) is 11.3 Å². The molecule has 0 aliphatic rings. The SMILES string of the molecule is C#Cc1cccc(NS(=O)[O-])c1. The molecule has 4 heteroatoms. The molecular weight excluding hydrogens is 174 g/mol. The van der Waals surface area contributed by atoms with Crippen LogP contribution in [0.5, 0.6) is 0 Å². The van der Waals surface area contributed by atoms with Crippen molar-refractivity contribution in [3.63, 3.8) is 0 Å². The van der Waals surface area contributed by atoms with Crippen LogP contribution in [0.2, 0.25) is 0 Å². The number of anilines is 1. The lowest BCUT2D eigenvalue weighted by molar-refractivity contribution is 0.542. The van der Waals surface area contributed by atoms with Crippen molar-refractivity contribution in [3.05, 3.63) is 29.8 Å². The second kappa shape index (κ2) is 3.90. The van der Waals surface area contributed by atoms with Crippen LogP contribution in [0.15, 0.2) is 24.3 Å². The van der Waals surface area contributed by atoms with E-state index in [2.05, 4.69) is 10.6 Å². The van der Waals surface area contributed by atoms with Gasteiger partial charge in [-0.15, -0.1) is 6.42 Å². The highest BCUT2D eigenvalue weighted by Crippen LogP contribution is 2.09. The molecule has 1 rings (SSSR count). The number of rotatable bonds is 2. The van der Waals surface area contributed by atoms with Gasteiger partial charge in [-0.1, -0.05) is 12.0 Å². The minimum atomic E-state index is -2.30. The third-order valence-electron chi connectivity index (χ3n) is 1.23. The van der Waals surface area contributed by atoms with Gasteiger partial charge in [-0.25, -0.2) is 0 Å². The van der Waals surface area contributed by atoms with Crippen LogP contribution in [0.1, 0.15) is 5.56 Å². The normalized spacial score (nSPS) is 11.7. The molecule has 62 valence electrons.